The van der Waals surface area contributed by atoms with E-state index in [1.807, 2.05) is 0 Å². The van der Waals surface area contributed by atoms with Crippen LogP contribution < -0.4 is 5.32 Å². The molecule has 1 heterocycles. The topological polar surface area (TPSA) is 55.4 Å². The number of carbonyl (C=O) groups excluding carboxylic acids is 2. The molecule has 1 amide bonds. The van der Waals surface area contributed by atoms with Crippen LogP contribution in [0.25, 0.3) is 0 Å². The smallest absolute Gasteiger partial charge is 0.339 e. The number of esters is 1. The fourth-order valence-electron chi connectivity index (χ4n) is 1.72. The van der Waals surface area contributed by atoms with Gasteiger partial charge in [0.05, 0.1) is 17.2 Å². The number of ether oxygens (including phenoxy) is 1. The molecule has 1 aliphatic rings. The van der Waals surface area contributed by atoms with Gasteiger partial charge in [-0.05, 0) is 28.1 Å². The van der Waals surface area contributed by atoms with Crippen molar-refractivity contribution >= 4 is 39.4 Å². The van der Waals surface area contributed by atoms with Gasteiger partial charge in [-0.25, -0.2) is 4.79 Å². The molecule has 6 heteroatoms. The zero-order valence-corrected chi connectivity index (χ0v) is 11.8. The summed E-state index contributed by atoms with van der Waals surface area (Å²) in [5, 5.41) is 3.03. The molecule has 1 aromatic rings. The van der Waals surface area contributed by atoms with Crippen LogP contribution in [0.15, 0.2) is 22.7 Å². The summed E-state index contributed by atoms with van der Waals surface area (Å²) in [4.78, 5) is 22.8. The van der Waals surface area contributed by atoms with Crippen LogP contribution in [0.1, 0.15) is 16.8 Å². The quantitative estimate of drug-likeness (QED) is 0.865. The van der Waals surface area contributed by atoms with Crippen LogP contribution in [0, 0.1) is 5.92 Å². The number of amides is 1. The molecule has 0 aromatic heterocycles. The van der Waals surface area contributed by atoms with Crippen molar-refractivity contribution in [1.82, 2.24) is 5.32 Å². The lowest BCUT2D eigenvalue weighted by molar-refractivity contribution is -0.119. The van der Waals surface area contributed by atoms with Gasteiger partial charge in [-0.3, -0.25) is 4.79 Å². The van der Waals surface area contributed by atoms with Crippen LogP contribution in [0.4, 0.5) is 0 Å². The Labute approximate surface area is 118 Å². The first-order valence-electron chi connectivity index (χ1n) is 5.45. The van der Waals surface area contributed by atoms with Gasteiger partial charge in [0.2, 0.25) is 5.91 Å². The Morgan fingerprint density at radius 2 is 2.33 bits per heavy atom. The van der Waals surface area contributed by atoms with Crippen LogP contribution in [0.5, 0.6) is 0 Å². The third-order valence-corrected chi connectivity index (χ3v) is 3.98. The number of rotatable bonds is 3. The maximum absolute atomic E-state index is 11.8. The molecule has 1 N–H and O–H groups in total. The zero-order chi connectivity index (χ0) is 13.1. The summed E-state index contributed by atoms with van der Waals surface area (Å²) in [6, 6.07) is 5.07. The molecule has 1 atom stereocenters. The van der Waals surface area contributed by atoms with E-state index in [4.69, 9.17) is 16.3 Å². The monoisotopic (exact) mass is 331 g/mol. The van der Waals surface area contributed by atoms with Gasteiger partial charge in [0, 0.05) is 23.4 Å². The fraction of sp³-hybridized carbons (Fsp3) is 0.333. The third kappa shape index (κ3) is 3.03. The van der Waals surface area contributed by atoms with E-state index in [1.54, 1.807) is 18.2 Å². The van der Waals surface area contributed by atoms with Crippen molar-refractivity contribution in [2.45, 2.75) is 6.42 Å². The second-order valence-corrected chi connectivity index (χ2v) is 5.31. The van der Waals surface area contributed by atoms with Gasteiger partial charge in [-0.15, -0.1) is 0 Å². The minimum absolute atomic E-state index is 0.00321. The molecule has 18 heavy (non-hydrogen) atoms. The summed E-state index contributed by atoms with van der Waals surface area (Å²) in [5.41, 5.74) is 0.323. The Morgan fingerprint density at radius 3 is 3.00 bits per heavy atom. The number of nitrogens with one attached hydrogen (secondary N) is 1. The van der Waals surface area contributed by atoms with Gasteiger partial charge in [-0.2, -0.15) is 0 Å². The summed E-state index contributed by atoms with van der Waals surface area (Å²) in [5.74, 6) is -0.426. The normalized spacial score (nSPS) is 18.6. The lowest BCUT2D eigenvalue weighted by atomic mass is 10.1. The first-order chi connectivity index (χ1) is 8.58. The summed E-state index contributed by atoms with van der Waals surface area (Å²) >= 11 is 9.24. The molecule has 96 valence electrons. The Hall–Kier alpha value is -1.07. The van der Waals surface area contributed by atoms with Gasteiger partial charge in [0.15, 0.2) is 0 Å². The molecular formula is C12H11BrClNO3. The number of hydrogen-bond donors (Lipinski definition) is 1. The van der Waals surface area contributed by atoms with Crippen LogP contribution in [0.3, 0.4) is 0 Å². The summed E-state index contributed by atoms with van der Waals surface area (Å²) in [6.07, 6.45) is 0.402. The van der Waals surface area contributed by atoms with Crippen molar-refractivity contribution in [1.29, 1.82) is 0 Å². The number of benzene rings is 1. The van der Waals surface area contributed by atoms with Crippen LogP contribution in [0.2, 0.25) is 5.02 Å². The van der Waals surface area contributed by atoms with Crippen molar-refractivity contribution in [3.05, 3.63) is 33.3 Å². The SMILES string of the molecule is O=C1CC(COC(=O)c2cccc(Br)c2Cl)CN1. The molecule has 1 unspecified atom stereocenters. The molecule has 0 radical (unpaired) electrons. The molecule has 1 saturated heterocycles. The lowest BCUT2D eigenvalue weighted by Crippen LogP contribution is -2.17. The molecular weight excluding hydrogens is 321 g/mol. The molecule has 0 aliphatic carbocycles. The highest BCUT2D eigenvalue weighted by molar-refractivity contribution is 9.10. The van der Waals surface area contributed by atoms with Crippen molar-refractivity contribution in [2.24, 2.45) is 5.92 Å². The first-order valence-corrected chi connectivity index (χ1v) is 6.63. The Morgan fingerprint density at radius 1 is 1.56 bits per heavy atom. The van der Waals surface area contributed by atoms with E-state index in [-0.39, 0.29) is 18.4 Å². The van der Waals surface area contributed by atoms with Crippen LogP contribution in [-0.2, 0) is 9.53 Å². The van der Waals surface area contributed by atoms with E-state index in [1.165, 1.54) is 0 Å². The second kappa shape index (κ2) is 5.71. The minimum Gasteiger partial charge on any atom is -0.462 e. The van der Waals surface area contributed by atoms with E-state index in [0.717, 1.165) is 0 Å². The molecule has 0 bridgehead atoms. The van der Waals surface area contributed by atoms with Crippen LogP contribution in [-0.4, -0.2) is 25.0 Å². The molecule has 0 saturated carbocycles. The summed E-state index contributed by atoms with van der Waals surface area (Å²) in [7, 11) is 0. The van der Waals surface area contributed by atoms with Gasteiger partial charge in [-0.1, -0.05) is 17.7 Å². The first kappa shape index (κ1) is 13.4. The van der Waals surface area contributed by atoms with Crippen molar-refractivity contribution < 1.29 is 14.3 Å². The standard InChI is InChI=1S/C12H11BrClNO3/c13-9-3-1-2-8(11(9)14)12(17)18-6-7-4-10(16)15-5-7/h1-3,7H,4-6H2,(H,15,16). The predicted octanol–water partition coefficient (Wildman–Crippen LogP) is 2.40. The highest BCUT2D eigenvalue weighted by atomic mass is 79.9. The second-order valence-electron chi connectivity index (χ2n) is 4.07. The predicted molar refractivity (Wildman–Crippen MR) is 70.6 cm³/mol. The lowest BCUT2D eigenvalue weighted by Gasteiger charge is -2.10. The molecule has 2 rings (SSSR count). The summed E-state index contributed by atoms with van der Waals surface area (Å²) < 4.78 is 5.81. The number of halogens is 2. The summed E-state index contributed by atoms with van der Waals surface area (Å²) in [6.45, 7) is 0.777. The molecule has 1 aromatic carbocycles. The number of hydrogen-bond acceptors (Lipinski definition) is 3. The fourth-order valence-corrected chi connectivity index (χ4v) is 2.28. The highest BCUT2D eigenvalue weighted by Crippen LogP contribution is 2.26. The molecule has 4 nitrogen and oxygen atoms in total. The van der Waals surface area contributed by atoms with E-state index < -0.39 is 5.97 Å². The van der Waals surface area contributed by atoms with Gasteiger partial charge in [0.1, 0.15) is 0 Å². The van der Waals surface area contributed by atoms with Crippen molar-refractivity contribution in [3.8, 4) is 0 Å². The molecule has 0 spiro atoms. The van der Waals surface area contributed by atoms with Gasteiger partial charge in [0.25, 0.3) is 0 Å². The Bertz CT molecular complexity index is 492. The Kier molecular flexibility index (Phi) is 4.24. The number of carbonyl (C=O) groups is 2. The zero-order valence-electron chi connectivity index (χ0n) is 9.41. The van der Waals surface area contributed by atoms with E-state index >= 15 is 0 Å². The molecule has 1 aliphatic heterocycles. The average Bonchev–Trinajstić information content (AvgIpc) is 2.76. The van der Waals surface area contributed by atoms with Gasteiger partial charge < -0.3 is 10.1 Å². The van der Waals surface area contributed by atoms with Crippen molar-refractivity contribution in [2.75, 3.05) is 13.2 Å². The van der Waals surface area contributed by atoms with E-state index in [9.17, 15) is 9.59 Å². The minimum atomic E-state index is -0.472. The van der Waals surface area contributed by atoms with Crippen molar-refractivity contribution in [3.63, 3.8) is 0 Å². The average molecular weight is 333 g/mol. The maximum Gasteiger partial charge on any atom is 0.339 e. The largest absolute Gasteiger partial charge is 0.462 e. The van der Waals surface area contributed by atoms with Gasteiger partial charge >= 0.3 is 5.97 Å². The maximum atomic E-state index is 11.8. The molecule has 1 fully saturated rings. The third-order valence-electron chi connectivity index (χ3n) is 2.68. The highest BCUT2D eigenvalue weighted by Gasteiger charge is 2.23. The van der Waals surface area contributed by atoms with Crippen LogP contribution >= 0.6 is 27.5 Å². The van der Waals surface area contributed by atoms with E-state index in [2.05, 4.69) is 21.2 Å². The Balaban J connectivity index is 1.95. The van der Waals surface area contributed by atoms with E-state index in [0.29, 0.717) is 28.0 Å².